The van der Waals surface area contributed by atoms with E-state index in [4.69, 9.17) is 27.9 Å². The van der Waals surface area contributed by atoms with Crippen LogP contribution in [0.4, 0.5) is 0 Å². The maximum atomic E-state index is 6.12. The van der Waals surface area contributed by atoms with Gasteiger partial charge < -0.3 is 4.74 Å². The smallest absolute Gasteiger partial charge is 0.134 e. The van der Waals surface area contributed by atoms with Crippen LogP contribution in [0.2, 0.25) is 10.0 Å². The molecule has 18 heavy (non-hydrogen) atoms. The molecule has 0 aliphatic heterocycles. The van der Waals surface area contributed by atoms with Crippen molar-refractivity contribution in [3.8, 4) is 5.75 Å². The Hall–Kier alpha value is -0.220. The Labute approximate surface area is 132 Å². The first-order valence-corrected chi connectivity index (χ1v) is 7.42. The van der Waals surface area contributed by atoms with Crippen molar-refractivity contribution in [2.45, 2.75) is 6.61 Å². The third-order valence-electron chi connectivity index (χ3n) is 2.29. The highest BCUT2D eigenvalue weighted by molar-refractivity contribution is 9.10. The van der Waals surface area contributed by atoms with Crippen molar-refractivity contribution >= 4 is 55.1 Å². The lowest BCUT2D eigenvalue weighted by atomic mass is 10.2. The van der Waals surface area contributed by atoms with E-state index in [2.05, 4.69) is 31.9 Å². The van der Waals surface area contributed by atoms with Gasteiger partial charge in [-0.05, 0) is 46.3 Å². The lowest BCUT2D eigenvalue weighted by Crippen LogP contribution is -1.96. The van der Waals surface area contributed by atoms with E-state index in [1.807, 2.05) is 24.3 Å². The minimum atomic E-state index is 0.409. The number of benzene rings is 2. The molecule has 0 spiro atoms. The van der Waals surface area contributed by atoms with Crippen LogP contribution in [0.25, 0.3) is 0 Å². The molecule has 0 aromatic heterocycles. The fourth-order valence-corrected chi connectivity index (χ4v) is 2.91. The molecular weight excluding hydrogens is 403 g/mol. The maximum Gasteiger partial charge on any atom is 0.134 e. The second-order valence-corrected chi connectivity index (χ2v) is 6.21. The number of ether oxygens (including phenoxy) is 1. The molecule has 0 N–H and O–H groups in total. The molecule has 0 bridgehead atoms. The van der Waals surface area contributed by atoms with Gasteiger partial charge in [0, 0.05) is 20.1 Å². The monoisotopic (exact) mass is 408 g/mol. The van der Waals surface area contributed by atoms with Crippen molar-refractivity contribution in [3.05, 3.63) is 61.0 Å². The fraction of sp³-hybridized carbons (Fsp3) is 0.0769. The van der Waals surface area contributed by atoms with Crippen LogP contribution in [-0.4, -0.2) is 0 Å². The first kappa shape index (κ1) is 14.2. The Morgan fingerprint density at radius 1 is 1.00 bits per heavy atom. The fourth-order valence-electron chi connectivity index (χ4n) is 1.39. The Morgan fingerprint density at radius 3 is 2.44 bits per heavy atom. The van der Waals surface area contributed by atoms with Gasteiger partial charge in [-0.25, -0.2) is 0 Å². The van der Waals surface area contributed by atoms with Gasteiger partial charge in [0.15, 0.2) is 0 Å². The molecule has 0 fully saturated rings. The van der Waals surface area contributed by atoms with E-state index in [9.17, 15) is 0 Å². The quantitative estimate of drug-likeness (QED) is 0.594. The number of hydrogen-bond donors (Lipinski definition) is 0. The normalized spacial score (nSPS) is 10.4. The number of halogens is 4. The van der Waals surface area contributed by atoms with E-state index in [-0.39, 0.29) is 0 Å². The second-order valence-electron chi connectivity index (χ2n) is 3.60. The number of hydrogen-bond acceptors (Lipinski definition) is 1. The largest absolute Gasteiger partial charge is 0.488 e. The summed E-state index contributed by atoms with van der Waals surface area (Å²) in [5.74, 6) is 0.735. The zero-order valence-corrected chi connectivity index (χ0v) is 13.8. The molecule has 0 aliphatic rings. The Morgan fingerprint density at radius 2 is 1.78 bits per heavy atom. The van der Waals surface area contributed by atoms with E-state index in [0.29, 0.717) is 16.7 Å². The average Bonchev–Trinajstić information content (AvgIpc) is 2.30. The molecular formula is C13H8Br2Cl2O. The minimum Gasteiger partial charge on any atom is -0.488 e. The summed E-state index contributed by atoms with van der Waals surface area (Å²) in [6.07, 6.45) is 0. The first-order valence-electron chi connectivity index (χ1n) is 5.08. The van der Waals surface area contributed by atoms with Crippen molar-refractivity contribution in [2.75, 3.05) is 0 Å². The van der Waals surface area contributed by atoms with Gasteiger partial charge in [-0.1, -0.05) is 45.2 Å². The van der Waals surface area contributed by atoms with E-state index in [1.54, 1.807) is 12.1 Å². The van der Waals surface area contributed by atoms with Crippen LogP contribution in [-0.2, 0) is 6.61 Å². The molecule has 94 valence electrons. The van der Waals surface area contributed by atoms with E-state index < -0.39 is 0 Å². The van der Waals surface area contributed by atoms with Gasteiger partial charge in [-0.15, -0.1) is 0 Å². The zero-order chi connectivity index (χ0) is 13.1. The molecule has 0 aliphatic carbocycles. The lowest BCUT2D eigenvalue weighted by Gasteiger charge is -2.10. The summed E-state index contributed by atoms with van der Waals surface area (Å²) in [5.41, 5.74) is 0.932. The molecule has 0 saturated carbocycles. The molecule has 0 atom stereocenters. The molecule has 0 radical (unpaired) electrons. The van der Waals surface area contributed by atoms with Crippen LogP contribution in [0, 0.1) is 0 Å². The predicted octanol–water partition coefficient (Wildman–Crippen LogP) is 6.10. The molecule has 0 amide bonds. The highest BCUT2D eigenvalue weighted by Crippen LogP contribution is 2.29. The third kappa shape index (κ3) is 3.64. The van der Waals surface area contributed by atoms with Crippen LogP contribution in [0.15, 0.2) is 45.3 Å². The molecule has 2 rings (SSSR count). The van der Waals surface area contributed by atoms with Gasteiger partial charge in [-0.3, -0.25) is 0 Å². The molecule has 5 heteroatoms. The van der Waals surface area contributed by atoms with Crippen LogP contribution in [0.3, 0.4) is 0 Å². The van der Waals surface area contributed by atoms with E-state index in [1.165, 1.54) is 0 Å². The Kier molecular flexibility index (Phi) is 4.96. The van der Waals surface area contributed by atoms with Crippen LogP contribution < -0.4 is 4.74 Å². The minimum absolute atomic E-state index is 0.409. The molecule has 0 heterocycles. The summed E-state index contributed by atoms with van der Waals surface area (Å²) in [5, 5.41) is 1.34. The summed E-state index contributed by atoms with van der Waals surface area (Å²) in [4.78, 5) is 0. The summed E-state index contributed by atoms with van der Waals surface area (Å²) in [6.45, 7) is 0.409. The molecule has 2 aromatic carbocycles. The van der Waals surface area contributed by atoms with Crippen LogP contribution >= 0.6 is 55.1 Å². The van der Waals surface area contributed by atoms with E-state index in [0.717, 1.165) is 20.3 Å². The molecule has 2 aromatic rings. The number of rotatable bonds is 3. The average molecular weight is 411 g/mol. The van der Waals surface area contributed by atoms with Gasteiger partial charge >= 0.3 is 0 Å². The second kappa shape index (κ2) is 6.29. The van der Waals surface area contributed by atoms with Crippen molar-refractivity contribution < 1.29 is 4.74 Å². The van der Waals surface area contributed by atoms with Crippen LogP contribution in [0.5, 0.6) is 5.75 Å². The lowest BCUT2D eigenvalue weighted by molar-refractivity contribution is 0.304. The van der Waals surface area contributed by atoms with Crippen LogP contribution in [0.1, 0.15) is 5.56 Å². The van der Waals surface area contributed by atoms with Gasteiger partial charge in [0.1, 0.15) is 12.4 Å². The SMILES string of the molecule is Clc1ccc(OCc2ccc(Br)cc2Cl)c(Br)c1. The van der Waals surface area contributed by atoms with Crippen molar-refractivity contribution in [2.24, 2.45) is 0 Å². The first-order chi connectivity index (χ1) is 8.56. The summed E-state index contributed by atoms with van der Waals surface area (Å²) < 4.78 is 7.46. The highest BCUT2D eigenvalue weighted by Gasteiger charge is 2.05. The van der Waals surface area contributed by atoms with Gasteiger partial charge in [0.2, 0.25) is 0 Å². The topological polar surface area (TPSA) is 9.23 Å². The summed E-state index contributed by atoms with van der Waals surface area (Å²) in [7, 11) is 0. The Balaban J connectivity index is 2.11. The molecule has 1 nitrogen and oxygen atoms in total. The standard InChI is InChI=1S/C13H8Br2Cl2O/c14-9-2-1-8(12(17)5-9)7-18-13-4-3-10(16)6-11(13)15/h1-6H,7H2. The van der Waals surface area contributed by atoms with Gasteiger partial charge in [0.05, 0.1) is 4.47 Å². The molecule has 0 unspecified atom stereocenters. The van der Waals surface area contributed by atoms with E-state index >= 15 is 0 Å². The third-order valence-corrected chi connectivity index (χ3v) is 3.99. The van der Waals surface area contributed by atoms with Crippen molar-refractivity contribution in [1.82, 2.24) is 0 Å². The van der Waals surface area contributed by atoms with Gasteiger partial charge in [-0.2, -0.15) is 0 Å². The summed E-state index contributed by atoms with van der Waals surface area (Å²) >= 11 is 18.7. The van der Waals surface area contributed by atoms with Gasteiger partial charge in [0.25, 0.3) is 0 Å². The molecule has 0 saturated heterocycles. The summed E-state index contributed by atoms with van der Waals surface area (Å²) in [6, 6.07) is 11.1. The Bertz CT molecular complexity index is 521. The maximum absolute atomic E-state index is 6.12. The predicted molar refractivity (Wildman–Crippen MR) is 82.6 cm³/mol. The van der Waals surface area contributed by atoms with Crippen molar-refractivity contribution in [3.63, 3.8) is 0 Å². The highest BCUT2D eigenvalue weighted by atomic mass is 79.9. The van der Waals surface area contributed by atoms with Crippen molar-refractivity contribution in [1.29, 1.82) is 0 Å². The zero-order valence-electron chi connectivity index (χ0n) is 9.09.